The van der Waals surface area contributed by atoms with Crippen LogP contribution in [0.3, 0.4) is 0 Å². The van der Waals surface area contributed by atoms with Gasteiger partial charge in [-0.2, -0.15) is 0 Å². The van der Waals surface area contributed by atoms with Crippen molar-refractivity contribution in [2.24, 2.45) is 0 Å². The molecule has 0 bridgehead atoms. The number of rotatable bonds is 2. The van der Waals surface area contributed by atoms with Crippen molar-refractivity contribution in [3.05, 3.63) is 46.9 Å². The summed E-state index contributed by atoms with van der Waals surface area (Å²) >= 11 is 3.38. The van der Waals surface area contributed by atoms with Crippen LogP contribution >= 0.6 is 15.9 Å². The summed E-state index contributed by atoms with van der Waals surface area (Å²) in [6.07, 6.45) is 0. The summed E-state index contributed by atoms with van der Waals surface area (Å²) in [6, 6.07) is 12.8. The van der Waals surface area contributed by atoms with E-state index in [2.05, 4.69) is 15.9 Å². The summed E-state index contributed by atoms with van der Waals surface area (Å²) in [4.78, 5) is 0. The Labute approximate surface area is 102 Å². The van der Waals surface area contributed by atoms with Crippen molar-refractivity contribution in [1.29, 1.82) is 0 Å². The summed E-state index contributed by atoms with van der Waals surface area (Å²) in [7, 11) is 0. The fourth-order valence-electron chi connectivity index (χ4n) is 1.28. The number of hydrogen-bond acceptors (Lipinski definition) is 3. The Morgan fingerprint density at radius 2 is 1.62 bits per heavy atom. The lowest BCUT2D eigenvalue weighted by atomic mass is 10.2. The van der Waals surface area contributed by atoms with E-state index in [0.717, 1.165) is 10.2 Å². The minimum absolute atomic E-state index is 0.521. The highest BCUT2D eigenvalue weighted by molar-refractivity contribution is 9.10. The second-order valence-electron chi connectivity index (χ2n) is 3.35. The van der Waals surface area contributed by atoms with Gasteiger partial charge in [0.2, 0.25) is 0 Å². The van der Waals surface area contributed by atoms with Crippen LogP contribution in [0, 0.1) is 0 Å². The van der Waals surface area contributed by atoms with E-state index < -0.39 is 0 Å². The highest BCUT2D eigenvalue weighted by Crippen LogP contribution is 2.27. The lowest BCUT2D eigenvalue weighted by Gasteiger charge is -2.07. The van der Waals surface area contributed by atoms with Crippen molar-refractivity contribution in [2.75, 3.05) is 11.5 Å². The average Bonchev–Trinajstić information content (AvgIpc) is 2.24. The van der Waals surface area contributed by atoms with Crippen LogP contribution in [0.4, 0.5) is 11.4 Å². The van der Waals surface area contributed by atoms with Gasteiger partial charge in [0.1, 0.15) is 11.5 Å². The largest absolute Gasteiger partial charge is 0.457 e. The predicted molar refractivity (Wildman–Crippen MR) is 69.5 cm³/mol. The molecule has 4 heteroatoms. The molecule has 0 aliphatic heterocycles. The van der Waals surface area contributed by atoms with Gasteiger partial charge in [-0.05, 0) is 30.3 Å². The van der Waals surface area contributed by atoms with E-state index >= 15 is 0 Å². The monoisotopic (exact) mass is 278 g/mol. The summed E-state index contributed by atoms with van der Waals surface area (Å²) in [5.74, 6) is 1.42. The maximum absolute atomic E-state index is 5.69. The van der Waals surface area contributed by atoms with Crippen LogP contribution in [0.5, 0.6) is 11.5 Å². The van der Waals surface area contributed by atoms with Crippen LogP contribution in [0.2, 0.25) is 0 Å². The van der Waals surface area contributed by atoms with E-state index in [4.69, 9.17) is 16.2 Å². The van der Waals surface area contributed by atoms with Gasteiger partial charge in [-0.3, -0.25) is 0 Å². The molecule has 2 rings (SSSR count). The average molecular weight is 279 g/mol. The fourth-order valence-corrected chi connectivity index (χ4v) is 1.66. The fraction of sp³-hybridized carbons (Fsp3) is 0. The molecule has 0 fully saturated rings. The molecular formula is C12H11BrN2O. The maximum Gasteiger partial charge on any atom is 0.129 e. The smallest absolute Gasteiger partial charge is 0.129 e. The number of anilines is 2. The van der Waals surface area contributed by atoms with E-state index in [9.17, 15) is 0 Å². The Morgan fingerprint density at radius 3 is 2.31 bits per heavy atom. The maximum atomic E-state index is 5.69. The van der Waals surface area contributed by atoms with Gasteiger partial charge in [0.15, 0.2) is 0 Å². The Balaban J connectivity index is 2.24. The zero-order valence-corrected chi connectivity index (χ0v) is 10.1. The van der Waals surface area contributed by atoms with Gasteiger partial charge in [0, 0.05) is 10.5 Å². The van der Waals surface area contributed by atoms with Crippen molar-refractivity contribution >= 4 is 27.3 Å². The lowest BCUT2D eigenvalue weighted by molar-refractivity contribution is 0.483. The summed E-state index contributed by atoms with van der Waals surface area (Å²) in [6.45, 7) is 0. The topological polar surface area (TPSA) is 61.3 Å². The molecule has 2 aromatic rings. The number of hydrogen-bond donors (Lipinski definition) is 2. The second kappa shape index (κ2) is 4.45. The third kappa shape index (κ3) is 2.46. The molecule has 0 atom stereocenters. The summed E-state index contributed by atoms with van der Waals surface area (Å²) in [5.41, 5.74) is 12.4. The van der Waals surface area contributed by atoms with Crippen LogP contribution < -0.4 is 16.2 Å². The zero-order chi connectivity index (χ0) is 11.5. The molecule has 4 N–H and O–H groups in total. The first-order chi connectivity index (χ1) is 7.65. The SMILES string of the molecule is Nc1ccc(Oc2cccc(Br)c2)cc1N. The van der Waals surface area contributed by atoms with Gasteiger partial charge >= 0.3 is 0 Å². The van der Waals surface area contributed by atoms with Crippen molar-refractivity contribution in [3.8, 4) is 11.5 Å². The Bertz CT molecular complexity index is 514. The molecule has 0 heterocycles. The minimum Gasteiger partial charge on any atom is -0.457 e. The number of benzene rings is 2. The number of nitrogen functional groups attached to an aromatic ring is 2. The van der Waals surface area contributed by atoms with Gasteiger partial charge < -0.3 is 16.2 Å². The van der Waals surface area contributed by atoms with E-state index in [-0.39, 0.29) is 0 Å². The van der Waals surface area contributed by atoms with Crippen molar-refractivity contribution in [1.82, 2.24) is 0 Å². The zero-order valence-electron chi connectivity index (χ0n) is 8.48. The molecule has 16 heavy (non-hydrogen) atoms. The summed E-state index contributed by atoms with van der Waals surface area (Å²) in [5, 5.41) is 0. The van der Waals surface area contributed by atoms with Crippen LogP contribution in [0.15, 0.2) is 46.9 Å². The van der Waals surface area contributed by atoms with E-state index in [1.165, 1.54) is 0 Å². The minimum atomic E-state index is 0.521. The first-order valence-electron chi connectivity index (χ1n) is 4.73. The molecular weight excluding hydrogens is 268 g/mol. The Hall–Kier alpha value is -1.68. The molecule has 0 spiro atoms. The Kier molecular flexibility index (Phi) is 3.01. The Morgan fingerprint density at radius 1 is 0.875 bits per heavy atom. The van der Waals surface area contributed by atoms with Gasteiger partial charge in [-0.25, -0.2) is 0 Å². The third-order valence-electron chi connectivity index (χ3n) is 2.09. The summed E-state index contributed by atoms with van der Waals surface area (Å²) < 4.78 is 6.60. The molecule has 2 aromatic carbocycles. The van der Waals surface area contributed by atoms with Crippen LogP contribution in [0.25, 0.3) is 0 Å². The second-order valence-corrected chi connectivity index (χ2v) is 4.27. The normalized spacial score (nSPS) is 10.1. The van der Waals surface area contributed by atoms with Crippen molar-refractivity contribution < 1.29 is 4.74 Å². The lowest BCUT2D eigenvalue weighted by Crippen LogP contribution is -1.94. The van der Waals surface area contributed by atoms with Crippen LogP contribution in [0.1, 0.15) is 0 Å². The highest BCUT2D eigenvalue weighted by atomic mass is 79.9. The molecule has 0 saturated carbocycles. The van der Waals surface area contributed by atoms with Gasteiger partial charge in [-0.15, -0.1) is 0 Å². The van der Waals surface area contributed by atoms with E-state index in [0.29, 0.717) is 17.1 Å². The van der Waals surface area contributed by atoms with Crippen LogP contribution in [-0.4, -0.2) is 0 Å². The van der Waals surface area contributed by atoms with Gasteiger partial charge in [0.05, 0.1) is 11.4 Å². The molecule has 82 valence electrons. The van der Waals surface area contributed by atoms with Gasteiger partial charge in [-0.1, -0.05) is 22.0 Å². The van der Waals surface area contributed by atoms with E-state index in [1.807, 2.05) is 24.3 Å². The quantitative estimate of drug-likeness (QED) is 0.828. The molecule has 0 aliphatic rings. The van der Waals surface area contributed by atoms with E-state index in [1.54, 1.807) is 18.2 Å². The first-order valence-corrected chi connectivity index (χ1v) is 5.53. The number of nitrogens with two attached hydrogens (primary N) is 2. The molecule has 0 unspecified atom stereocenters. The number of ether oxygens (including phenoxy) is 1. The standard InChI is InChI=1S/C12H11BrN2O/c13-8-2-1-3-9(6-8)16-10-4-5-11(14)12(15)7-10/h1-7H,14-15H2. The van der Waals surface area contributed by atoms with Crippen molar-refractivity contribution in [2.45, 2.75) is 0 Å². The molecule has 0 amide bonds. The molecule has 0 saturated heterocycles. The number of halogens is 1. The molecule has 0 aromatic heterocycles. The highest BCUT2D eigenvalue weighted by Gasteiger charge is 2.00. The van der Waals surface area contributed by atoms with Gasteiger partial charge in [0.25, 0.3) is 0 Å². The molecule has 0 aliphatic carbocycles. The predicted octanol–water partition coefficient (Wildman–Crippen LogP) is 3.41. The first kappa shape index (κ1) is 10.8. The molecule has 3 nitrogen and oxygen atoms in total. The third-order valence-corrected chi connectivity index (χ3v) is 2.58. The van der Waals surface area contributed by atoms with Crippen molar-refractivity contribution in [3.63, 3.8) is 0 Å². The molecule has 0 radical (unpaired) electrons. The van der Waals surface area contributed by atoms with Crippen LogP contribution in [-0.2, 0) is 0 Å².